The van der Waals surface area contributed by atoms with Gasteiger partial charge in [0.2, 0.25) is 0 Å². The van der Waals surface area contributed by atoms with Gasteiger partial charge in [0, 0.05) is 36.4 Å². The molecule has 0 radical (unpaired) electrons. The van der Waals surface area contributed by atoms with E-state index in [1.165, 1.54) is 12.3 Å². The van der Waals surface area contributed by atoms with Crippen LogP contribution < -0.4 is 10.1 Å². The van der Waals surface area contributed by atoms with E-state index < -0.39 is 17.5 Å². The molecule has 0 spiro atoms. The molecule has 6 nitrogen and oxygen atoms in total. The molecule has 1 aliphatic rings. The van der Waals surface area contributed by atoms with Crippen LogP contribution in [0.4, 0.5) is 9.18 Å². The lowest BCUT2D eigenvalue weighted by molar-refractivity contribution is 0.00437. The third-order valence-electron chi connectivity index (χ3n) is 4.58. The zero-order chi connectivity index (χ0) is 21.7. The van der Waals surface area contributed by atoms with Crippen LogP contribution in [0.1, 0.15) is 27.2 Å². The number of nitrogens with one attached hydrogen (secondary N) is 1. The summed E-state index contributed by atoms with van der Waals surface area (Å²) in [7, 11) is 0. The SMILES string of the molecule is CC(C)(C)OC(=O)NC1CCOCC1COc1ccc(-c2ccc(Cl)cn2)c(F)c1. The van der Waals surface area contributed by atoms with E-state index in [0.717, 1.165) is 0 Å². The van der Waals surface area contributed by atoms with Gasteiger partial charge in [-0.05, 0) is 51.5 Å². The Morgan fingerprint density at radius 3 is 2.80 bits per heavy atom. The van der Waals surface area contributed by atoms with Crippen LogP contribution in [-0.4, -0.2) is 42.5 Å². The maximum absolute atomic E-state index is 14.6. The van der Waals surface area contributed by atoms with Gasteiger partial charge in [0.05, 0.1) is 23.9 Å². The summed E-state index contributed by atoms with van der Waals surface area (Å²) < 4.78 is 31.2. The van der Waals surface area contributed by atoms with Gasteiger partial charge in [0.1, 0.15) is 17.2 Å². The Bertz CT molecular complexity index is 870. The van der Waals surface area contributed by atoms with Gasteiger partial charge in [-0.1, -0.05) is 11.6 Å². The van der Waals surface area contributed by atoms with Crippen molar-refractivity contribution in [2.45, 2.75) is 38.8 Å². The number of rotatable bonds is 5. The van der Waals surface area contributed by atoms with Gasteiger partial charge >= 0.3 is 6.09 Å². The Labute approximate surface area is 180 Å². The summed E-state index contributed by atoms with van der Waals surface area (Å²) in [6.07, 6.45) is 1.66. The molecule has 3 rings (SSSR count). The van der Waals surface area contributed by atoms with Gasteiger partial charge in [-0.15, -0.1) is 0 Å². The van der Waals surface area contributed by atoms with Crippen LogP contribution >= 0.6 is 11.6 Å². The van der Waals surface area contributed by atoms with Crippen LogP contribution in [0.2, 0.25) is 5.02 Å². The molecule has 8 heteroatoms. The first kappa shape index (κ1) is 22.3. The molecule has 0 aliphatic carbocycles. The van der Waals surface area contributed by atoms with E-state index in [1.54, 1.807) is 24.3 Å². The number of halogens is 2. The van der Waals surface area contributed by atoms with Crippen LogP contribution in [0, 0.1) is 11.7 Å². The first-order chi connectivity index (χ1) is 14.2. The van der Waals surface area contributed by atoms with Crippen LogP contribution in [-0.2, 0) is 9.47 Å². The summed E-state index contributed by atoms with van der Waals surface area (Å²) in [5, 5.41) is 3.38. The van der Waals surface area contributed by atoms with Gasteiger partial charge in [0.25, 0.3) is 0 Å². The Hall–Kier alpha value is -2.38. The number of ether oxygens (including phenoxy) is 3. The number of hydrogen-bond donors (Lipinski definition) is 1. The zero-order valence-corrected chi connectivity index (χ0v) is 18.0. The summed E-state index contributed by atoms with van der Waals surface area (Å²) in [4.78, 5) is 16.2. The molecule has 2 heterocycles. The van der Waals surface area contributed by atoms with E-state index in [-0.39, 0.29) is 18.6 Å². The van der Waals surface area contributed by atoms with Crippen molar-refractivity contribution in [3.05, 3.63) is 47.4 Å². The number of carbonyl (C=O) groups excluding carboxylic acids is 1. The maximum atomic E-state index is 14.6. The highest BCUT2D eigenvalue weighted by Gasteiger charge is 2.29. The van der Waals surface area contributed by atoms with E-state index in [0.29, 0.717) is 41.7 Å². The second kappa shape index (κ2) is 9.62. The van der Waals surface area contributed by atoms with Gasteiger partial charge in [-0.3, -0.25) is 4.98 Å². The summed E-state index contributed by atoms with van der Waals surface area (Å²) in [5.41, 5.74) is 0.287. The van der Waals surface area contributed by atoms with Gasteiger partial charge < -0.3 is 19.5 Å². The molecule has 1 aromatic carbocycles. The number of alkyl carbamates (subject to hydrolysis) is 1. The van der Waals surface area contributed by atoms with Crippen molar-refractivity contribution in [3.8, 4) is 17.0 Å². The lowest BCUT2D eigenvalue weighted by Gasteiger charge is -2.32. The fourth-order valence-electron chi connectivity index (χ4n) is 3.14. The predicted octanol–water partition coefficient (Wildman–Crippen LogP) is 4.85. The molecule has 2 atom stereocenters. The Kier molecular flexibility index (Phi) is 7.15. The number of nitrogens with zero attached hydrogens (tertiary/aromatic N) is 1. The molecule has 30 heavy (non-hydrogen) atoms. The number of aromatic nitrogens is 1. The molecule has 1 fully saturated rings. The maximum Gasteiger partial charge on any atom is 0.407 e. The van der Waals surface area contributed by atoms with Crippen molar-refractivity contribution in [1.82, 2.24) is 10.3 Å². The lowest BCUT2D eigenvalue weighted by atomic mass is 9.97. The first-order valence-corrected chi connectivity index (χ1v) is 10.2. The van der Waals surface area contributed by atoms with E-state index in [4.69, 9.17) is 25.8 Å². The smallest absolute Gasteiger partial charge is 0.407 e. The minimum atomic E-state index is -0.570. The predicted molar refractivity (Wildman–Crippen MR) is 112 cm³/mol. The number of benzene rings is 1. The summed E-state index contributed by atoms with van der Waals surface area (Å²) in [5.74, 6) is -0.121. The lowest BCUT2D eigenvalue weighted by Crippen LogP contribution is -2.48. The van der Waals surface area contributed by atoms with E-state index in [2.05, 4.69) is 10.3 Å². The van der Waals surface area contributed by atoms with Crippen molar-refractivity contribution in [1.29, 1.82) is 0 Å². The highest BCUT2D eigenvalue weighted by Crippen LogP contribution is 2.26. The van der Waals surface area contributed by atoms with Crippen LogP contribution in [0.25, 0.3) is 11.3 Å². The molecule has 1 N–H and O–H groups in total. The topological polar surface area (TPSA) is 69.7 Å². The van der Waals surface area contributed by atoms with E-state index in [1.807, 2.05) is 20.8 Å². The average molecular weight is 437 g/mol. The summed E-state index contributed by atoms with van der Waals surface area (Å²) in [6.45, 7) is 6.71. The minimum absolute atomic E-state index is 0.0769. The molecule has 2 unspecified atom stereocenters. The molecule has 1 amide bonds. The zero-order valence-electron chi connectivity index (χ0n) is 17.3. The minimum Gasteiger partial charge on any atom is -0.493 e. The molecule has 0 bridgehead atoms. The number of amides is 1. The van der Waals surface area contributed by atoms with Crippen molar-refractivity contribution >= 4 is 17.7 Å². The standard InChI is InChI=1S/C22H26ClFN2O4/c1-22(2,3)30-21(27)26-19-8-9-28-12-14(19)13-29-16-5-6-17(18(24)10-16)20-7-4-15(23)11-25-20/h4-7,10-11,14,19H,8-9,12-13H2,1-3H3,(H,26,27). The molecule has 162 valence electrons. The fourth-order valence-corrected chi connectivity index (χ4v) is 3.25. The normalized spacial score (nSPS) is 19.2. The fraction of sp³-hybridized carbons (Fsp3) is 0.455. The largest absolute Gasteiger partial charge is 0.493 e. The van der Waals surface area contributed by atoms with E-state index in [9.17, 15) is 9.18 Å². The summed E-state index contributed by atoms with van der Waals surface area (Å²) >= 11 is 5.83. The third-order valence-corrected chi connectivity index (χ3v) is 4.81. The van der Waals surface area contributed by atoms with Crippen molar-refractivity contribution in [2.24, 2.45) is 5.92 Å². The molecule has 1 saturated heterocycles. The molecule has 0 saturated carbocycles. The van der Waals surface area contributed by atoms with Gasteiger partial charge in [-0.25, -0.2) is 9.18 Å². The highest BCUT2D eigenvalue weighted by molar-refractivity contribution is 6.30. The van der Waals surface area contributed by atoms with Gasteiger partial charge in [-0.2, -0.15) is 0 Å². The van der Waals surface area contributed by atoms with Crippen molar-refractivity contribution < 1.29 is 23.4 Å². The molecular formula is C22H26ClFN2O4. The second-order valence-electron chi connectivity index (χ2n) is 8.19. The van der Waals surface area contributed by atoms with Crippen molar-refractivity contribution in [2.75, 3.05) is 19.8 Å². The summed E-state index contributed by atoms with van der Waals surface area (Å²) in [6, 6.07) is 7.81. The van der Waals surface area contributed by atoms with Gasteiger partial charge in [0.15, 0.2) is 0 Å². The third kappa shape index (κ3) is 6.31. The molecule has 2 aromatic rings. The monoisotopic (exact) mass is 436 g/mol. The Morgan fingerprint density at radius 1 is 1.33 bits per heavy atom. The molecule has 1 aliphatic heterocycles. The van der Waals surface area contributed by atoms with Crippen LogP contribution in [0.5, 0.6) is 5.75 Å². The van der Waals surface area contributed by atoms with E-state index >= 15 is 0 Å². The number of carbonyl (C=O) groups is 1. The number of pyridine rings is 1. The quantitative estimate of drug-likeness (QED) is 0.725. The number of hydrogen-bond acceptors (Lipinski definition) is 5. The highest BCUT2D eigenvalue weighted by atomic mass is 35.5. The second-order valence-corrected chi connectivity index (χ2v) is 8.63. The molecular weight excluding hydrogens is 411 g/mol. The van der Waals surface area contributed by atoms with Crippen LogP contribution in [0.3, 0.4) is 0 Å². The van der Waals surface area contributed by atoms with Crippen LogP contribution in [0.15, 0.2) is 36.5 Å². The first-order valence-electron chi connectivity index (χ1n) is 9.83. The average Bonchev–Trinajstić information content (AvgIpc) is 2.67. The Balaban J connectivity index is 1.61. The molecule has 1 aromatic heterocycles. The van der Waals surface area contributed by atoms with Crippen molar-refractivity contribution in [3.63, 3.8) is 0 Å². The Morgan fingerprint density at radius 2 is 2.13 bits per heavy atom.